The van der Waals surface area contributed by atoms with Gasteiger partial charge in [0.1, 0.15) is 36.3 Å². The van der Waals surface area contributed by atoms with Crippen LogP contribution in [0.1, 0.15) is 116 Å². The average Bonchev–Trinajstić information content (AvgIpc) is 4.10. The van der Waals surface area contributed by atoms with E-state index in [0.29, 0.717) is 31.4 Å². The first-order valence-corrected chi connectivity index (χ1v) is 27.8. The molecule has 4 aromatic rings. The number of nitrogens with one attached hydrogen (secondary N) is 1. The summed E-state index contributed by atoms with van der Waals surface area (Å²) >= 11 is 0. The molecule has 0 unspecified atom stereocenters. The zero-order chi connectivity index (χ0) is 58.5. The maximum atomic E-state index is 14.8. The third-order valence-corrected chi connectivity index (χ3v) is 16.2. The molecule has 18 heteroatoms. The normalized spacial score (nSPS) is 17.4. The summed E-state index contributed by atoms with van der Waals surface area (Å²) in [6, 6.07) is 27.0. The number of nitrogens with zero attached hydrogens (tertiary/aromatic N) is 4. The lowest BCUT2D eigenvalue weighted by Crippen LogP contribution is -2.60. The number of non-ortho nitro benzene ring substituents is 1. The number of carbonyl (C=O) groups is 6. The first-order chi connectivity index (χ1) is 38.1. The Bertz CT molecular complexity index is 2730. The van der Waals surface area contributed by atoms with E-state index in [0.717, 1.165) is 22.3 Å². The smallest absolute Gasteiger partial charge is 0.448 e. The van der Waals surface area contributed by atoms with Gasteiger partial charge in [-0.3, -0.25) is 34.2 Å². The number of ether oxygens (including phenoxy) is 5. The summed E-state index contributed by atoms with van der Waals surface area (Å²) in [6.45, 7) is 15.4. The number of carbonyl (C=O) groups excluding carboxylic acids is 6. The highest BCUT2D eigenvalue weighted by molar-refractivity contribution is 5.92. The summed E-state index contributed by atoms with van der Waals surface area (Å²) in [4.78, 5) is 100. The molecule has 1 saturated heterocycles. The van der Waals surface area contributed by atoms with Crippen LogP contribution < -0.4 is 10.1 Å². The molecule has 18 nitrogen and oxygen atoms in total. The molecule has 1 N–H and O–H groups in total. The lowest BCUT2D eigenvalue weighted by molar-refractivity contribution is -0.384. The van der Waals surface area contributed by atoms with Crippen molar-refractivity contribution in [3.63, 3.8) is 0 Å². The Morgan fingerprint density at radius 1 is 0.750 bits per heavy atom. The van der Waals surface area contributed by atoms with Crippen LogP contribution in [0.5, 0.6) is 5.75 Å². The van der Waals surface area contributed by atoms with Crippen LogP contribution in [0.4, 0.5) is 15.3 Å². The molecule has 0 radical (unpaired) electrons. The average molecular weight is 1100 g/mol. The van der Waals surface area contributed by atoms with E-state index in [9.17, 15) is 38.9 Å². The number of hydrogen-bond donors (Lipinski definition) is 1. The van der Waals surface area contributed by atoms with Crippen molar-refractivity contribution in [3.8, 4) is 16.9 Å². The van der Waals surface area contributed by atoms with Gasteiger partial charge in [-0.1, -0.05) is 141 Å². The summed E-state index contributed by atoms with van der Waals surface area (Å²) in [6.07, 6.45) is -2.26. The van der Waals surface area contributed by atoms with Crippen LogP contribution in [-0.2, 0) is 38.1 Å². The third kappa shape index (κ3) is 14.6. The molecule has 1 aliphatic carbocycles. The molecule has 1 fully saturated rings. The first kappa shape index (κ1) is 62.0. The lowest BCUT2D eigenvalue weighted by Gasteiger charge is -2.41. The van der Waals surface area contributed by atoms with Gasteiger partial charge in [0.25, 0.3) is 5.69 Å². The van der Waals surface area contributed by atoms with Gasteiger partial charge in [0.15, 0.2) is 0 Å². The maximum Gasteiger partial charge on any atom is 0.514 e. The van der Waals surface area contributed by atoms with Crippen LogP contribution >= 0.6 is 0 Å². The Balaban J connectivity index is 1.10. The summed E-state index contributed by atoms with van der Waals surface area (Å²) < 4.78 is 29.3. The van der Waals surface area contributed by atoms with Crippen LogP contribution in [0.2, 0.25) is 0 Å². The number of methoxy groups -OCH3 is 2. The number of benzene rings is 4. The molecule has 1 aliphatic heterocycles. The van der Waals surface area contributed by atoms with E-state index < -0.39 is 77.4 Å². The Morgan fingerprint density at radius 3 is 1.90 bits per heavy atom. The highest BCUT2D eigenvalue weighted by Gasteiger charge is 2.44. The third-order valence-electron chi connectivity index (χ3n) is 16.2. The van der Waals surface area contributed by atoms with Gasteiger partial charge in [0, 0.05) is 71.2 Å². The van der Waals surface area contributed by atoms with Crippen molar-refractivity contribution < 1.29 is 57.4 Å². The van der Waals surface area contributed by atoms with Gasteiger partial charge >= 0.3 is 12.2 Å². The van der Waals surface area contributed by atoms with E-state index in [4.69, 9.17) is 23.7 Å². The summed E-state index contributed by atoms with van der Waals surface area (Å²) in [5, 5.41) is 14.1. The van der Waals surface area contributed by atoms with Gasteiger partial charge in [-0.25, -0.2) is 9.59 Å². The quantitative estimate of drug-likeness (QED) is 0.0269. The van der Waals surface area contributed by atoms with Crippen LogP contribution in [0.25, 0.3) is 11.1 Å². The van der Waals surface area contributed by atoms with Crippen LogP contribution in [0.15, 0.2) is 103 Å². The monoisotopic (exact) mass is 1100 g/mol. The molecule has 4 amide bonds. The summed E-state index contributed by atoms with van der Waals surface area (Å²) in [5.74, 6) is -3.48. The summed E-state index contributed by atoms with van der Waals surface area (Å²) in [7, 11) is 6.24. The van der Waals surface area contributed by atoms with E-state index in [-0.39, 0.29) is 72.2 Å². The Labute approximate surface area is 470 Å². The molecule has 80 heavy (non-hydrogen) atoms. The van der Waals surface area contributed by atoms with E-state index in [1.807, 2.05) is 84.0 Å². The number of likely N-dealkylation sites (tertiary alicyclic amines) is 1. The van der Waals surface area contributed by atoms with Crippen molar-refractivity contribution in [1.82, 2.24) is 20.0 Å². The van der Waals surface area contributed by atoms with Gasteiger partial charge in [0.05, 0.1) is 35.6 Å². The molecule has 4 aromatic carbocycles. The second-order valence-corrected chi connectivity index (χ2v) is 22.1. The predicted molar refractivity (Wildman–Crippen MR) is 303 cm³/mol. The molecular formula is C62H81N5O13. The molecule has 0 bridgehead atoms. The van der Waals surface area contributed by atoms with Crippen molar-refractivity contribution in [2.24, 2.45) is 29.6 Å². The molecule has 10 atom stereocenters. The minimum Gasteiger partial charge on any atom is -0.448 e. The SMILES string of the molecule is CC[C@H](C)[C@@H]([C@@H](CC(=O)N1CCC[C@H]1[C@H](OC)[C@@H](C)C(=O)C[C@H](C)[C@@H](OC(=O)Oc1ccc([N+](=O)[O-])cc1)c1ccccc1)OC)N(C)C(=O)[C@@H](NC(=O)[C@H](C(C)C)N(C)C(=O)OCC1c2ccccc2-c2ccccc21)C(C)C. The fraction of sp³-hybridized carbons (Fsp3) is 0.516. The Hall–Kier alpha value is -7.18. The fourth-order valence-electron chi connectivity index (χ4n) is 11.7. The Kier molecular flexibility index (Phi) is 21.9. The van der Waals surface area contributed by atoms with E-state index in [2.05, 4.69) is 17.4 Å². The number of nitro groups is 1. The zero-order valence-corrected chi connectivity index (χ0v) is 48.4. The van der Waals surface area contributed by atoms with Crippen molar-refractivity contribution in [2.75, 3.05) is 41.5 Å². The Morgan fingerprint density at radius 2 is 1.35 bits per heavy atom. The number of likely N-dealkylation sites (N-methyl/N-ethyl adjacent to an activating group) is 2. The second kappa shape index (κ2) is 28.3. The highest BCUT2D eigenvalue weighted by atomic mass is 16.7. The van der Waals surface area contributed by atoms with Crippen LogP contribution in [-0.4, -0.2) is 133 Å². The topological polar surface area (TPSA) is 213 Å². The number of Topliss-reactive ketones (excluding diaryl/α,β-unsaturated/α-hetero) is 1. The molecule has 432 valence electrons. The molecule has 0 saturated carbocycles. The highest BCUT2D eigenvalue weighted by Crippen LogP contribution is 2.45. The largest absolute Gasteiger partial charge is 0.514 e. The van der Waals surface area contributed by atoms with Crippen LogP contribution in [0.3, 0.4) is 0 Å². The van der Waals surface area contributed by atoms with Crippen molar-refractivity contribution in [2.45, 2.75) is 136 Å². The first-order valence-electron chi connectivity index (χ1n) is 27.8. The van der Waals surface area contributed by atoms with Gasteiger partial charge in [0.2, 0.25) is 17.7 Å². The number of ketones is 1. The molecular weight excluding hydrogens is 1020 g/mol. The predicted octanol–water partition coefficient (Wildman–Crippen LogP) is 10.4. The molecule has 0 spiro atoms. The molecule has 1 heterocycles. The minimum atomic E-state index is -1.05. The van der Waals surface area contributed by atoms with E-state index >= 15 is 0 Å². The minimum absolute atomic E-state index is 0.0139. The van der Waals surface area contributed by atoms with Gasteiger partial charge in [-0.15, -0.1) is 0 Å². The fourth-order valence-corrected chi connectivity index (χ4v) is 11.7. The lowest BCUT2D eigenvalue weighted by atomic mass is 9.85. The standard InChI is InChI=1S/C62H81N5O13/c1-13-39(6)56(64(9)60(71)54(37(2)3)63-59(70)55(38(4)5)65(10)61(72)78-36-49-47-26-19-17-24-45(47)46-25-18-20-27-48(46)49)52(76-11)35-53(69)66-33-21-28-50(66)58(77-12)41(8)51(68)34-40(7)57(42-22-15-14-16-23-42)80-62(73)79-44-31-29-43(30-32-44)67(74)75/h14-20,22-27,29-32,37-41,49-50,52,54-58H,13,21,28,33-36H2,1-12H3,(H,63,70)/t39-,40-,41-,50-,52+,54-,55-,56-,57+,58+/m0/s1. The molecule has 0 aromatic heterocycles. The van der Waals surface area contributed by atoms with Crippen LogP contribution in [0, 0.1) is 39.7 Å². The van der Waals surface area contributed by atoms with Crippen molar-refractivity contribution in [3.05, 3.63) is 130 Å². The number of nitro benzene ring substituents is 1. The van der Waals surface area contributed by atoms with Gasteiger partial charge in [-0.05, 0) is 70.5 Å². The van der Waals surface area contributed by atoms with Gasteiger partial charge < -0.3 is 38.8 Å². The van der Waals surface area contributed by atoms with E-state index in [1.165, 1.54) is 50.4 Å². The molecule has 2 aliphatic rings. The molecule has 6 rings (SSSR count). The van der Waals surface area contributed by atoms with Crippen molar-refractivity contribution >= 4 is 41.4 Å². The van der Waals surface area contributed by atoms with Crippen molar-refractivity contribution in [1.29, 1.82) is 0 Å². The summed E-state index contributed by atoms with van der Waals surface area (Å²) in [5.41, 5.74) is 4.79. The number of rotatable bonds is 26. The second-order valence-electron chi connectivity index (χ2n) is 22.1. The number of amides is 4. The maximum absolute atomic E-state index is 14.8. The number of fused-ring (bicyclic) bond motifs is 3. The van der Waals surface area contributed by atoms with Gasteiger partial charge in [-0.2, -0.15) is 0 Å². The number of hydrogen-bond acceptors (Lipinski definition) is 13. The van der Waals surface area contributed by atoms with E-state index in [1.54, 1.807) is 55.0 Å². The zero-order valence-electron chi connectivity index (χ0n) is 48.4.